The molecule has 3 heteroatoms. The van der Waals surface area contributed by atoms with Gasteiger partial charge in [0.05, 0.1) is 0 Å². The van der Waals surface area contributed by atoms with E-state index in [0.29, 0.717) is 5.02 Å². The van der Waals surface area contributed by atoms with Gasteiger partial charge in [-0.3, -0.25) is 4.79 Å². The quantitative estimate of drug-likeness (QED) is 0.739. The van der Waals surface area contributed by atoms with Gasteiger partial charge in [0.15, 0.2) is 6.29 Å². The molecular weight excluding hydrogens is 234 g/mol. The maximum Gasteiger partial charge on any atom is 0.152 e. The van der Waals surface area contributed by atoms with Crippen LogP contribution in [0.3, 0.4) is 0 Å². The van der Waals surface area contributed by atoms with E-state index in [0.717, 1.165) is 34.5 Å². The van der Waals surface area contributed by atoms with Crippen molar-refractivity contribution < 1.29 is 4.79 Å². The predicted octanol–water partition coefficient (Wildman–Crippen LogP) is 3.87. The van der Waals surface area contributed by atoms with Crippen LogP contribution in [0.5, 0.6) is 0 Å². The van der Waals surface area contributed by atoms with E-state index in [1.165, 1.54) is 0 Å². The Morgan fingerprint density at radius 1 is 1.18 bits per heavy atom. The zero-order valence-corrected chi connectivity index (χ0v) is 10.9. The molecular formula is C14H14ClNO. The van der Waals surface area contributed by atoms with Crippen LogP contribution in [0.25, 0.3) is 5.69 Å². The van der Waals surface area contributed by atoms with Gasteiger partial charge in [0.25, 0.3) is 0 Å². The molecule has 0 radical (unpaired) electrons. The molecule has 0 aliphatic rings. The number of aromatic nitrogens is 1. The van der Waals surface area contributed by atoms with Crippen LogP contribution in [-0.2, 0) is 0 Å². The van der Waals surface area contributed by atoms with Crippen molar-refractivity contribution >= 4 is 17.9 Å². The molecule has 0 aliphatic heterocycles. The molecule has 1 heterocycles. The summed E-state index contributed by atoms with van der Waals surface area (Å²) in [6, 6.07) is 7.63. The van der Waals surface area contributed by atoms with Crippen LogP contribution in [0.2, 0.25) is 5.02 Å². The normalized spacial score (nSPS) is 10.6. The van der Waals surface area contributed by atoms with Gasteiger partial charge in [-0.2, -0.15) is 0 Å². The molecule has 0 fully saturated rings. The van der Waals surface area contributed by atoms with Crippen molar-refractivity contribution in [2.45, 2.75) is 20.8 Å². The van der Waals surface area contributed by atoms with Crippen molar-refractivity contribution in [1.29, 1.82) is 0 Å². The van der Waals surface area contributed by atoms with Crippen LogP contribution < -0.4 is 0 Å². The molecule has 0 bridgehead atoms. The van der Waals surface area contributed by atoms with Gasteiger partial charge in [0.1, 0.15) is 0 Å². The first kappa shape index (κ1) is 11.9. The summed E-state index contributed by atoms with van der Waals surface area (Å²) in [6.07, 6.45) is 0.915. The summed E-state index contributed by atoms with van der Waals surface area (Å²) in [4.78, 5) is 11.1. The van der Waals surface area contributed by atoms with Crippen LogP contribution in [-0.4, -0.2) is 10.9 Å². The maximum atomic E-state index is 11.1. The summed E-state index contributed by atoms with van der Waals surface area (Å²) in [5.41, 5.74) is 4.81. The zero-order valence-electron chi connectivity index (χ0n) is 10.1. The Balaban J connectivity index is 2.72. The van der Waals surface area contributed by atoms with Gasteiger partial charge >= 0.3 is 0 Å². The van der Waals surface area contributed by atoms with E-state index >= 15 is 0 Å². The van der Waals surface area contributed by atoms with E-state index in [1.807, 2.05) is 45.0 Å². The summed E-state index contributed by atoms with van der Waals surface area (Å²) in [6.45, 7) is 5.92. The average Bonchev–Trinajstić information content (AvgIpc) is 2.50. The second-order valence-electron chi connectivity index (χ2n) is 4.14. The minimum Gasteiger partial charge on any atom is -0.317 e. The first-order valence-electron chi connectivity index (χ1n) is 5.46. The largest absolute Gasteiger partial charge is 0.317 e. The Morgan fingerprint density at radius 2 is 1.88 bits per heavy atom. The number of aldehydes is 1. The van der Waals surface area contributed by atoms with Crippen LogP contribution in [0.4, 0.5) is 0 Å². The summed E-state index contributed by atoms with van der Waals surface area (Å²) >= 11 is 6.00. The zero-order chi connectivity index (χ0) is 12.6. The first-order valence-corrected chi connectivity index (χ1v) is 5.83. The number of rotatable bonds is 2. The number of benzene rings is 1. The topological polar surface area (TPSA) is 22.0 Å². The number of carbonyl (C=O) groups excluding carboxylic acids is 1. The SMILES string of the molecule is Cc1c(C=O)c(C)n(-c2cccc(Cl)c2)c1C. The molecule has 88 valence electrons. The first-order chi connectivity index (χ1) is 8.06. The minimum absolute atomic E-state index is 0.695. The van der Waals surface area contributed by atoms with Crippen molar-refractivity contribution in [2.24, 2.45) is 0 Å². The van der Waals surface area contributed by atoms with Gasteiger partial charge in [0, 0.05) is 27.7 Å². The Kier molecular flexibility index (Phi) is 3.07. The summed E-state index contributed by atoms with van der Waals surface area (Å²) in [7, 11) is 0. The monoisotopic (exact) mass is 247 g/mol. The molecule has 17 heavy (non-hydrogen) atoms. The smallest absolute Gasteiger partial charge is 0.152 e. The predicted molar refractivity (Wildman–Crippen MR) is 70.4 cm³/mol. The third-order valence-electron chi connectivity index (χ3n) is 3.19. The standard InChI is InChI=1S/C14H14ClNO/c1-9-10(2)16(11(3)14(9)8-17)13-6-4-5-12(15)7-13/h4-8H,1-3H3. The fourth-order valence-corrected chi connectivity index (χ4v) is 2.37. The fourth-order valence-electron chi connectivity index (χ4n) is 2.18. The molecule has 0 saturated carbocycles. The van der Waals surface area contributed by atoms with E-state index in [9.17, 15) is 4.79 Å². The molecule has 0 aliphatic carbocycles. The van der Waals surface area contributed by atoms with Crippen molar-refractivity contribution in [3.05, 3.63) is 51.8 Å². The highest BCUT2D eigenvalue weighted by atomic mass is 35.5. The van der Waals surface area contributed by atoms with Gasteiger partial charge in [0.2, 0.25) is 0 Å². The summed E-state index contributed by atoms with van der Waals surface area (Å²) < 4.78 is 2.06. The third-order valence-corrected chi connectivity index (χ3v) is 3.43. The lowest BCUT2D eigenvalue weighted by molar-refractivity contribution is 0.112. The van der Waals surface area contributed by atoms with Crippen molar-refractivity contribution in [3.8, 4) is 5.69 Å². The van der Waals surface area contributed by atoms with Gasteiger partial charge in [-0.05, 0) is 44.5 Å². The Morgan fingerprint density at radius 3 is 2.41 bits per heavy atom. The minimum atomic E-state index is 0.695. The van der Waals surface area contributed by atoms with E-state index < -0.39 is 0 Å². The van der Waals surface area contributed by atoms with Crippen LogP contribution in [0.15, 0.2) is 24.3 Å². The second kappa shape index (κ2) is 4.38. The molecule has 1 aromatic heterocycles. The highest BCUT2D eigenvalue weighted by Gasteiger charge is 2.14. The molecule has 0 unspecified atom stereocenters. The van der Waals surface area contributed by atoms with Crippen molar-refractivity contribution in [1.82, 2.24) is 4.57 Å². The molecule has 0 atom stereocenters. The molecule has 0 amide bonds. The van der Waals surface area contributed by atoms with E-state index in [4.69, 9.17) is 11.6 Å². The molecule has 2 rings (SSSR count). The Hall–Kier alpha value is -1.54. The Labute approximate surface area is 106 Å². The van der Waals surface area contributed by atoms with Gasteiger partial charge < -0.3 is 4.57 Å². The van der Waals surface area contributed by atoms with Gasteiger partial charge in [-0.1, -0.05) is 17.7 Å². The molecule has 2 aromatic rings. The highest BCUT2D eigenvalue weighted by molar-refractivity contribution is 6.30. The number of halogens is 1. The fraction of sp³-hybridized carbons (Fsp3) is 0.214. The summed E-state index contributed by atoms with van der Waals surface area (Å²) in [5, 5.41) is 0.695. The number of carbonyl (C=O) groups is 1. The number of hydrogen-bond acceptors (Lipinski definition) is 1. The van der Waals surface area contributed by atoms with Crippen molar-refractivity contribution in [3.63, 3.8) is 0 Å². The lowest BCUT2D eigenvalue weighted by Crippen LogP contribution is -1.99. The molecule has 2 nitrogen and oxygen atoms in total. The van der Waals surface area contributed by atoms with Crippen LogP contribution in [0.1, 0.15) is 27.3 Å². The number of nitrogens with zero attached hydrogens (tertiary/aromatic N) is 1. The van der Waals surface area contributed by atoms with Gasteiger partial charge in [-0.25, -0.2) is 0 Å². The second-order valence-corrected chi connectivity index (χ2v) is 4.58. The van der Waals surface area contributed by atoms with Crippen LogP contribution in [0, 0.1) is 20.8 Å². The lowest BCUT2D eigenvalue weighted by Gasteiger charge is -2.09. The van der Waals surface area contributed by atoms with E-state index in [2.05, 4.69) is 4.57 Å². The maximum absolute atomic E-state index is 11.1. The highest BCUT2D eigenvalue weighted by Crippen LogP contribution is 2.25. The molecule has 1 aromatic carbocycles. The van der Waals surface area contributed by atoms with Crippen LogP contribution >= 0.6 is 11.6 Å². The average molecular weight is 248 g/mol. The Bertz CT molecular complexity index is 584. The molecule has 0 N–H and O–H groups in total. The van der Waals surface area contributed by atoms with E-state index in [-0.39, 0.29) is 0 Å². The third kappa shape index (κ3) is 1.89. The molecule has 0 saturated heterocycles. The summed E-state index contributed by atoms with van der Waals surface area (Å²) in [5.74, 6) is 0. The van der Waals surface area contributed by atoms with Crippen molar-refractivity contribution in [2.75, 3.05) is 0 Å². The molecule has 0 spiro atoms. The number of hydrogen-bond donors (Lipinski definition) is 0. The lowest BCUT2D eigenvalue weighted by atomic mass is 10.1. The van der Waals surface area contributed by atoms with E-state index in [1.54, 1.807) is 0 Å². The van der Waals surface area contributed by atoms with Gasteiger partial charge in [-0.15, -0.1) is 0 Å².